The molecule has 0 spiro atoms. The second-order valence-electron chi connectivity index (χ2n) is 4.55. The van der Waals surface area contributed by atoms with Crippen molar-refractivity contribution in [2.45, 2.75) is 25.0 Å². The summed E-state index contributed by atoms with van der Waals surface area (Å²) in [5.74, 6) is -0.272. The highest BCUT2D eigenvalue weighted by Gasteiger charge is 2.36. The Bertz CT molecular complexity index is 485. The average molecular weight is 260 g/mol. The summed E-state index contributed by atoms with van der Waals surface area (Å²) in [6.45, 7) is 1.23. The molecule has 1 aromatic rings. The van der Waals surface area contributed by atoms with Gasteiger partial charge in [0.1, 0.15) is 6.04 Å². The summed E-state index contributed by atoms with van der Waals surface area (Å²) >= 11 is 0. The number of hydrogen-bond donors (Lipinski definition) is 0. The topological polar surface area (TPSA) is 78.3 Å². The number of azide groups is 1. The first-order valence-electron chi connectivity index (χ1n) is 6.14. The zero-order chi connectivity index (χ0) is 13.7. The third-order valence-electron chi connectivity index (χ3n) is 3.30. The van der Waals surface area contributed by atoms with E-state index in [0.29, 0.717) is 19.5 Å². The van der Waals surface area contributed by atoms with E-state index in [1.54, 1.807) is 0 Å². The summed E-state index contributed by atoms with van der Waals surface area (Å²) in [6, 6.07) is 9.39. The molecule has 6 nitrogen and oxygen atoms in total. The first-order chi connectivity index (χ1) is 9.24. The van der Waals surface area contributed by atoms with E-state index in [9.17, 15) is 4.79 Å². The molecule has 6 heteroatoms. The molecule has 0 N–H and O–H groups in total. The number of hydrogen-bond acceptors (Lipinski definition) is 4. The fourth-order valence-electron chi connectivity index (χ4n) is 2.41. The Morgan fingerprint density at radius 1 is 1.53 bits per heavy atom. The van der Waals surface area contributed by atoms with Crippen LogP contribution in [0, 0.1) is 0 Å². The number of rotatable bonds is 4. The second-order valence-corrected chi connectivity index (χ2v) is 4.55. The van der Waals surface area contributed by atoms with Crippen LogP contribution in [0.5, 0.6) is 0 Å². The molecule has 1 aliphatic rings. The van der Waals surface area contributed by atoms with Crippen LogP contribution in [0.1, 0.15) is 12.0 Å². The van der Waals surface area contributed by atoms with Crippen LogP contribution in [0.3, 0.4) is 0 Å². The van der Waals surface area contributed by atoms with Crippen LogP contribution < -0.4 is 0 Å². The molecule has 1 saturated heterocycles. The maximum atomic E-state index is 11.8. The van der Waals surface area contributed by atoms with Gasteiger partial charge in [-0.3, -0.25) is 9.69 Å². The monoisotopic (exact) mass is 260 g/mol. The summed E-state index contributed by atoms with van der Waals surface area (Å²) in [6.07, 6.45) is 0.517. The minimum atomic E-state index is -0.333. The van der Waals surface area contributed by atoms with Crippen molar-refractivity contribution in [3.63, 3.8) is 0 Å². The van der Waals surface area contributed by atoms with Gasteiger partial charge < -0.3 is 4.74 Å². The first-order valence-corrected chi connectivity index (χ1v) is 6.14. The molecule has 1 unspecified atom stereocenters. The van der Waals surface area contributed by atoms with Gasteiger partial charge in [0, 0.05) is 18.0 Å². The van der Waals surface area contributed by atoms with Crippen molar-refractivity contribution in [2.75, 3.05) is 13.7 Å². The largest absolute Gasteiger partial charge is 0.468 e. The van der Waals surface area contributed by atoms with Crippen molar-refractivity contribution in [1.29, 1.82) is 0 Å². The Kier molecular flexibility index (Phi) is 4.39. The predicted molar refractivity (Wildman–Crippen MR) is 70.2 cm³/mol. The fraction of sp³-hybridized carbons (Fsp3) is 0.462. The number of carbonyl (C=O) groups excluding carboxylic acids is 1. The van der Waals surface area contributed by atoms with Gasteiger partial charge in [0.15, 0.2) is 0 Å². The number of esters is 1. The van der Waals surface area contributed by atoms with Crippen molar-refractivity contribution >= 4 is 5.97 Å². The lowest BCUT2D eigenvalue weighted by molar-refractivity contribution is -0.146. The molecule has 2 atom stereocenters. The number of methoxy groups -OCH3 is 1. The maximum Gasteiger partial charge on any atom is 0.323 e. The smallest absolute Gasteiger partial charge is 0.323 e. The number of nitrogens with zero attached hydrogens (tertiary/aromatic N) is 4. The van der Waals surface area contributed by atoms with E-state index in [1.165, 1.54) is 7.11 Å². The van der Waals surface area contributed by atoms with Gasteiger partial charge in [0.2, 0.25) is 0 Å². The average Bonchev–Trinajstić information content (AvgIpc) is 2.82. The van der Waals surface area contributed by atoms with E-state index in [0.717, 1.165) is 5.56 Å². The molecule has 0 aromatic heterocycles. The summed E-state index contributed by atoms with van der Waals surface area (Å²) in [4.78, 5) is 16.6. The van der Waals surface area contributed by atoms with Gasteiger partial charge in [-0.05, 0) is 17.5 Å². The molecule has 0 amide bonds. The predicted octanol–water partition coefficient (Wildman–Crippen LogP) is 2.11. The molecule has 1 heterocycles. The summed E-state index contributed by atoms with van der Waals surface area (Å²) in [7, 11) is 1.38. The highest BCUT2D eigenvalue weighted by molar-refractivity contribution is 5.76. The van der Waals surface area contributed by atoms with Crippen LogP contribution in [0.2, 0.25) is 0 Å². The van der Waals surface area contributed by atoms with Gasteiger partial charge in [-0.2, -0.15) is 0 Å². The zero-order valence-corrected chi connectivity index (χ0v) is 10.8. The van der Waals surface area contributed by atoms with E-state index < -0.39 is 0 Å². The second kappa shape index (κ2) is 6.22. The zero-order valence-electron chi connectivity index (χ0n) is 10.8. The van der Waals surface area contributed by atoms with E-state index in [2.05, 4.69) is 10.0 Å². The van der Waals surface area contributed by atoms with Crippen LogP contribution in [0.15, 0.2) is 35.4 Å². The summed E-state index contributed by atoms with van der Waals surface area (Å²) in [5, 5.41) is 3.71. The lowest BCUT2D eigenvalue weighted by Gasteiger charge is -2.22. The number of likely N-dealkylation sites (tertiary alicyclic amines) is 1. The van der Waals surface area contributed by atoms with Gasteiger partial charge in [0.05, 0.1) is 13.2 Å². The van der Waals surface area contributed by atoms with Gasteiger partial charge in [-0.15, -0.1) is 0 Å². The number of carbonyl (C=O) groups is 1. The van der Waals surface area contributed by atoms with Gasteiger partial charge >= 0.3 is 5.97 Å². The van der Waals surface area contributed by atoms with Crippen LogP contribution in [0.4, 0.5) is 0 Å². The standard InChI is InChI=1S/C13H16N4O2/c1-19-13(18)12-7-11(15-16-14)9-17(12)8-10-5-3-2-4-6-10/h2-6,11-12H,7-9H2,1H3/t11?,12-/m0/s1. The van der Waals surface area contributed by atoms with Crippen molar-refractivity contribution in [2.24, 2.45) is 5.11 Å². The van der Waals surface area contributed by atoms with E-state index in [-0.39, 0.29) is 18.1 Å². The molecule has 1 aliphatic heterocycles. The van der Waals surface area contributed by atoms with Crippen LogP contribution in [-0.2, 0) is 16.1 Å². The Hall–Kier alpha value is -2.04. The summed E-state index contributed by atoms with van der Waals surface area (Å²) < 4.78 is 4.81. The van der Waals surface area contributed by atoms with Crippen molar-refractivity contribution < 1.29 is 9.53 Å². The molecular formula is C13H16N4O2. The Labute approximate surface area is 111 Å². The minimum Gasteiger partial charge on any atom is -0.468 e. The number of ether oxygens (including phenoxy) is 1. The highest BCUT2D eigenvalue weighted by atomic mass is 16.5. The van der Waals surface area contributed by atoms with Gasteiger partial charge in [-0.25, -0.2) is 0 Å². The van der Waals surface area contributed by atoms with Crippen LogP contribution >= 0.6 is 0 Å². The molecule has 0 bridgehead atoms. The summed E-state index contributed by atoms with van der Waals surface area (Å²) in [5.41, 5.74) is 9.63. The van der Waals surface area contributed by atoms with E-state index in [4.69, 9.17) is 10.3 Å². The quantitative estimate of drug-likeness (QED) is 0.360. The molecule has 0 saturated carbocycles. The minimum absolute atomic E-state index is 0.169. The maximum absolute atomic E-state index is 11.8. The molecular weight excluding hydrogens is 244 g/mol. The fourth-order valence-corrected chi connectivity index (χ4v) is 2.41. The van der Waals surface area contributed by atoms with Crippen molar-refractivity contribution in [1.82, 2.24) is 4.90 Å². The van der Waals surface area contributed by atoms with Gasteiger partial charge in [-0.1, -0.05) is 35.4 Å². The lowest BCUT2D eigenvalue weighted by Crippen LogP contribution is -2.36. The molecule has 100 valence electrons. The first kappa shape index (κ1) is 13.4. The molecule has 19 heavy (non-hydrogen) atoms. The SMILES string of the molecule is COC(=O)[C@@H]1CC(N=[N+]=[N-])CN1Cc1ccccc1. The molecule has 1 aromatic carbocycles. The van der Waals surface area contributed by atoms with Crippen LogP contribution in [-0.4, -0.2) is 36.6 Å². The molecule has 0 radical (unpaired) electrons. The molecule has 1 fully saturated rings. The van der Waals surface area contributed by atoms with Crippen LogP contribution in [0.25, 0.3) is 10.4 Å². The van der Waals surface area contributed by atoms with Crippen molar-refractivity contribution in [3.8, 4) is 0 Å². The Morgan fingerprint density at radius 2 is 2.26 bits per heavy atom. The number of benzene rings is 1. The molecule has 2 rings (SSSR count). The van der Waals surface area contributed by atoms with E-state index >= 15 is 0 Å². The highest BCUT2D eigenvalue weighted by Crippen LogP contribution is 2.23. The Morgan fingerprint density at radius 3 is 2.89 bits per heavy atom. The van der Waals surface area contributed by atoms with Crippen molar-refractivity contribution in [3.05, 3.63) is 46.3 Å². The normalized spacial score (nSPS) is 22.8. The Balaban J connectivity index is 2.11. The third kappa shape index (κ3) is 3.24. The lowest BCUT2D eigenvalue weighted by atomic mass is 10.1. The van der Waals surface area contributed by atoms with E-state index in [1.807, 2.05) is 35.2 Å². The molecule has 0 aliphatic carbocycles. The van der Waals surface area contributed by atoms with Gasteiger partial charge in [0.25, 0.3) is 0 Å². The third-order valence-corrected chi connectivity index (χ3v) is 3.30.